The van der Waals surface area contributed by atoms with Gasteiger partial charge in [0.05, 0.1) is 25.2 Å². The van der Waals surface area contributed by atoms with Crippen molar-refractivity contribution in [1.82, 2.24) is 0 Å². The summed E-state index contributed by atoms with van der Waals surface area (Å²) in [5, 5.41) is 111. The second kappa shape index (κ2) is 12.0. The minimum Gasteiger partial charge on any atom is -0.504 e. The number of rotatable bonds is 7. The number of phenolic OH excluding ortho intramolecular Hbond substituents is 1. The number of carbonyl (C=O) groups is 1. The summed E-state index contributed by atoms with van der Waals surface area (Å²) in [7, 11) is 0. The molecule has 2 fully saturated rings. The lowest BCUT2D eigenvalue weighted by molar-refractivity contribution is -0.422. The van der Waals surface area contributed by atoms with Crippen LogP contribution in [0.2, 0.25) is 0 Å². The maximum Gasteiger partial charge on any atom is 0.355 e. The molecule has 17 nitrogen and oxygen atoms in total. The van der Waals surface area contributed by atoms with E-state index in [9.17, 15) is 61.0 Å². The Morgan fingerprint density at radius 1 is 0.773 bits per heavy atom. The number of aliphatic hydroxyl groups excluding tert-OH is 8. The summed E-state index contributed by atoms with van der Waals surface area (Å²) in [5.41, 5.74) is 0.323. The summed E-state index contributed by atoms with van der Waals surface area (Å²) in [6.07, 6.45) is -16.2. The summed E-state index contributed by atoms with van der Waals surface area (Å²) in [4.78, 5) is 13.0. The van der Waals surface area contributed by atoms with Crippen molar-refractivity contribution in [3.8, 4) is 23.0 Å². The lowest BCUT2D eigenvalue weighted by Crippen LogP contribution is -2.67. The first kappa shape index (κ1) is 32.2. The molecule has 44 heavy (non-hydrogen) atoms. The van der Waals surface area contributed by atoms with Gasteiger partial charge in [-0.05, 0) is 29.8 Å². The number of hydrogen-bond acceptors (Lipinski definition) is 17. The van der Waals surface area contributed by atoms with Crippen molar-refractivity contribution >= 4 is 5.78 Å². The van der Waals surface area contributed by atoms with E-state index in [0.717, 1.165) is 12.1 Å². The minimum absolute atomic E-state index is 0.0555. The first-order chi connectivity index (χ1) is 20.7. The molecule has 17 heteroatoms. The number of ketones is 1. The van der Waals surface area contributed by atoms with Crippen molar-refractivity contribution in [2.75, 3.05) is 13.2 Å². The highest BCUT2D eigenvalue weighted by Crippen LogP contribution is 2.42. The fourth-order valence-electron chi connectivity index (χ4n) is 5.11. The van der Waals surface area contributed by atoms with Crippen LogP contribution >= 0.6 is 0 Å². The molecule has 3 aliphatic rings. The third-order valence-corrected chi connectivity index (χ3v) is 7.63. The Kier molecular flexibility index (Phi) is 8.77. The standard InChI is InChI=1S/C27H32O17/c28-8-18-20(32)22(34)24(36)26(38,43-18)41-11-2-3-12-14(31)7-15(40-16(12)6-11)10-1-4-13(30)17(5-10)42-27(39)25(37)23(35)21(33)19(9-29)44-27/h1-6,15,18-25,28-30,32-39H,7-9H2/t15?,18-,19+,20-,21+,22+,23-,24-,25+,26-,27+/m1/s1. The van der Waals surface area contributed by atoms with Gasteiger partial charge in [-0.25, -0.2) is 0 Å². The van der Waals surface area contributed by atoms with Gasteiger partial charge in [0.15, 0.2) is 29.5 Å². The molecule has 0 saturated carbocycles. The van der Waals surface area contributed by atoms with Gasteiger partial charge in [-0.15, -0.1) is 0 Å². The van der Waals surface area contributed by atoms with Crippen LogP contribution in [-0.2, 0) is 9.47 Å². The van der Waals surface area contributed by atoms with Crippen molar-refractivity contribution in [3.05, 3.63) is 47.5 Å². The number of aliphatic hydroxyl groups is 10. The number of carbonyl (C=O) groups excluding carboxylic acids is 1. The van der Waals surface area contributed by atoms with E-state index in [1.54, 1.807) is 0 Å². The second-order valence-electron chi connectivity index (χ2n) is 10.6. The van der Waals surface area contributed by atoms with Crippen LogP contribution in [0.4, 0.5) is 0 Å². The quantitative estimate of drug-likeness (QED) is 0.131. The van der Waals surface area contributed by atoms with Crippen molar-refractivity contribution in [1.29, 1.82) is 0 Å². The molecule has 11 atom stereocenters. The molecule has 0 bridgehead atoms. The number of fused-ring (bicyclic) bond motifs is 1. The lowest BCUT2D eigenvalue weighted by atomic mass is 9.95. The molecule has 2 aromatic carbocycles. The summed E-state index contributed by atoms with van der Waals surface area (Å²) in [5.74, 6) is -7.66. The number of Topliss-reactive ketones (excluding diaryl/α,β-unsaturated/α-hetero) is 1. The van der Waals surface area contributed by atoms with Gasteiger partial charge in [-0.2, -0.15) is 0 Å². The van der Waals surface area contributed by atoms with E-state index >= 15 is 0 Å². The number of hydrogen-bond donors (Lipinski definition) is 11. The van der Waals surface area contributed by atoms with Gasteiger partial charge in [0.2, 0.25) is 0 Å². The molecule has 5 rings (SSSR count). The normalized spacial score (nSPS) is 38.9. The zero-order valence-corrected chi connectivity index (χ0v) is 22.7. The van der Waals surface area contributed by atoms with Crippen LogP contribution in [-0.4, -0.2) is 136 Å². The van der Waals surface area contributed by atoms with Crippen molar-refractivity contribution in [3.63, 3.8) is 0 Å². The number of phenols is 1. The Labute approximate surface area is 247 Å². The molecule has 11 N–H and O–H groups in total. The van der Waals surface area contributed by atoms with Gasteiger partial charge in [-0.3, -0.25) is 4.79 Å². The summed E-state index contributed by atoms with van der Waals surface area (Å²) in [6, 6.07) is 7.35. The lowest BCUT2D eigenvalue weighted by Gasteiger charge is -2.44. The van der Waals surface area contributed by atoms with Crippen molar-refractivity contribution in [2.24, 2.45) is 0 Å². The monoisotopic (exact) mass is 628 g/mol. The second-order valence-corrected chi connectivity index (χ2v) is 10.6. The zero-order valence-electron chi connectivity index (χ0n) is 22.7. The SMILES string of the molecule is O=C1CC(c2ccc(O)c(O[C@]3(O)O[C@@H](CO)[C@H](O)[C@@H](O)[C@@H]3O)c2)Oc2cc(O[C@@]3(O)O[C@H](CO)[C@@H](O)[C@H](O)[C@H]3O)ccc21. The van der Waals surface area contributed by atoms with Crippen LogP contribution in [0.3, 0.4) is 0 Å². The maximum atomic E-state index is 13.0. The van der Waals surface area contributed by atoms with Crippen molar-refractivity contribution in [2.45, 2.75) is 73.3 Å². The number of benzene rings is 2. The largest absolute Gasteiger partial charge is 0.504 e. The van der Waals surface area contributed by atoms with E-state index in [2.05, 4.69) is 0 Å². The fraction of sp³-hybridized carbons (Fsp3) is 0.519. The van der Waals surface area contributed by atoms with Crippen molar-refractivity contribution < 1.29 is 84.7 Å². The fourth-order valence-corrected chi connectivity index (χ4v) is 5.11. The molecular formula is C27H32O17. The summed E-state index contributed by atoms with van der Waals surface area (Å²) in [6.45, 7) is -1.69. The first-order valence-electron chi connectivity index (χ1n) is 13.4. The van der Waals surface area contributed by atoms with Gasteiger partial charge < -0.3 is 79.9 Å². The Hall–Kier alpha value is -3.17. The molecule has 3 heterocycles. The molecular weight excluding hydrogens is 596 g/mol. The van der Waals surface area contributed by atoms with Gasteiger partial charge >= 0.3 is 11.9 Å². The van der Waals surface area contributed by atoms with E-state index < -0.39 is 97.4 Å². The summed E-state index contributed by atoms with van der Waals surface area (Å²) >= 11 is 0. The van der Waals surface area contributed by atoms with Crippen LogP contribution in [0.1, 0.15) is 28.4 Å². The predicted octanol–water partition coefficient (Wildman–Crippen LogP) is -3.90. The van der Waals surface area contributed by atoms with Gasteiger partial charge in [0, 0.05) is 6.07 Å². The molecule has 0 spiro atoms. The molecule has 0 aromatic heterocycles. The average molecular weight is 629 g/mol. The predicted molar refractivity (Wildman–Crippen MR) is 138 cm³/mol. The van der Waals surface area contributed by atoms with E-state index in [-0.39, 0.29) is 29.0 Å². The molecule has 0 amide bonds. The Morgan fingerprint density at radius 2 is 1.34 bits per heavy atom. The van der Waals surface area contributed by atoms with Gasteiger partial charge in [0.25, 0.3) is 0 Å². The highest BCUT2D eigenvalue weighted by molar-refractivity contribution is 6.00. The minimum atomic E-state index is -3.02. The maximum absolute atomic E-state index is 13.0. The average Bonchev–Trinajstić information content (AvgIpc) is 3.00. The van der Waals surface area contributed by atoms with Crippen LogP contribution in [0.15, 0.2) is 36.4 Å². The third-order valence-electron chi connectivity index (χ3n) is 7.63. The van der Waals surface area contributed by atoms with Gasteiger partial charge in [0.1, 0.15) is 54.2 Å². The summed E-state index contributed by atoms with van der Waals surface area (Å²) < 4.78 is 26.8. The van der Waals surface area contributed by atoms with Crippen LogP contribution < -0.4 is 14.2 Å². The van der Waals surface area contributed by atoms with Crippen LogP contribution in [0, 0.1) is 0 Å². The van der Waals surface area contributed by atoms with Gasteiger partial charge in [-0.1, -0.05) is 6.07 Å². The third kappa shape index (κ3) is 5.69. The Balaban J connectivity index is 1.38. The van der Waals surface area contributed by atoms with E-state index in [0.29, 0.717) is 0 Å². The van der Waals surface area contributed by atoms with Crippen LogP contribution in [0.5, 0.6) is 23.0 Å². The van der Waals surface area contributed by atoms with E-state index in [1.807, 2.05) is 0 Å². The molecule has 2 saturated heterocycles. The zero-order chi connectivity index (χ0) is 32.1. The highest BCUT2D eigenvalue weighted by Gasteiger charge is 2.56. The molecule has 242 valence electrons. The first-order valence-corrected chi connectivity index (χ1v) is 13.4. The number of aromatic hydroxyl groups is 1. The topological polar surface area (TPSA) is 286 Å². The Bertz CT molecular complexity index is 1370. The molecule has 3 aliphatic heterocycles. The molecule has 1 unspecified atom stereocenters. The smallest absolute Gasteiger partial charge is 0.355 e. The molecule has 0 aliphatic carbocycles. The Morgan fingerprint density at radius 3 is 1.91 bits per heavy atom. The molecule has 2 aromatic rings. The van der Waals surface area contributed by atoms with E-state index in [1.165, 1.54) is 24.3 Å². The number of ether oxygens (including phenoxy) is 5. The van der Waals surface area contributed by atoms with Crippen LogP contribution in [0.25, 0.3) is 0 Å². The highest BCUT2D eigenvalue weighted by atomic mass is 16.8. The van der Waals surface area contributed by atoms with E-state index in [4.69, 9.17) is 23.7 Å². The molecule has 0 radical (unpaired) electrons.